The number of rotatable bonds is 3. The monoisotopic (exact) mass is 272 g/mol. The summed E-state index contributed by atoms with van der Waals surface area (Å²) in [7, 11) is 0. The number of aliphatic hydroxyl groups excluding tert-OH is 1. The largest absolute Gasteiger partial charge is 0.392 e. The summed E-state index contributed by atoms with van der Waals surface area (Å²) in [4.78, 5) is 0. The quantitative estimate of drug-likeness (QED) is 0.896. The van der Waals surface area contributed by atoms with Gasteiger partial charge in [-0.25, -0.2) is 4.39 Å². The molecule has 3 heteroatoms. The average Bonchev–Trinajstić information content (AvgIpc) is 2.91. The van der Waals surface area contributed by atoms with Gasteiger partial charge in [-0.3, -0.25) is 0 Å². The molecule has 1 N–H and O–H groups in total. The Morgan fingerprint density at radius 1 is 1.53 bits per heavy atom. The molecular weight excluding hydrogens is 259 g/mol. The lowest BCUT2D eigenvalue weighted by Crippen LogP contribution is -2.22. The second kappa shape index (κ2) is 3.87. The molecule has 0 spiro atoms. The van der Waals surface area contributed by atoms with Crippen LogP contribution in [-0.2, 0) is 6.42 Å². The minimum Gasteiger partial charge on any atom is -0.392 e. The fourth-order valence-electron chi connectivity index (χ4n) is 1.68. The van der Waals surface area contributed by atoms with E-state index >= 15 is 0 Å². The van der Waals surface area contributed by atoms with E-state index in [9.17, 15) is 9.50 Å². The van der Waals surface area contributed by atoms with Crippen molar-refractivity contribution in [2.75, 3.05) is 0 Å². The van der Waals surface area contributed by atoms with Crippen LogP contribution in [0, 0.1) is 11.2 Å². The first-order valence-corrected chi connectivity index (χ1v) is 5.92. The second-order valence-corrected chi connectivity index (χ2v) is 5.53. The lowest BCUT2D eigenvalue weighted by atomic mass is 9.95. The van der Waals surface area contributed by atoms with Crippen LogP contribution in [0.25, 0.3) is 0 Å². The van der Waals surface area contributed by atoms with Crippen LogP contribution in [0.5, 0.6) is 0 Å². The van der Waals surface area contributed by atoms with Crippen LogP contribution >= 0.6 is 15.9 Å². The summed E-state index contributed by atoms with van der Waals surface area (Å²) in [6.45, 7) is 2.05. The van der Waals surface area contributed by atoms with E-state index in [4.69, 9.17) is 0 Å². The molecule has 1 atom stereocenters. The summed E-state index contributed by atoms with van der Waals surface area (Å²) in [6.07, 6.45) is 2.07. The van der Waals surface area contributed by atoms with Crippen LogP contribution in [0.4, 0.5) is 4.39 Å². The first kappa shape index (κ1) is 11.1. The van der Waals surface area contributed by atoms with Gasteiger partial charge in [0.1, 0.15) is 5.82 Å². The SMILES string of the molecule is CC1(C(O)Cc2cc(Br)ccc2F)CC1. The van der Waals surface area contributed by atoms with Crippen molar-refractivity contribution in [2.45, 2.75) is 32.3 Å². The second-order valence-electron chi connectivity index (χ2n) is 4.61. The number of benzene rings is 1. The van der Waals surface area contributed by atoms with Crippen molar-refractivity contribution >= 4 is 15.9 Å². The zero-order valence-corrected chi connectivity index (χ0v) is 10.2. The minimum atomic E-state index is -0.429. The third-order valence-electron chi connectivity index (χ3n) is 3.26. The molecule has 0 bridgehead atoms. The number of aliphatic hydroxyl groups is 1. The maximum atomic E-state index is 13.4. The molecule has 82 valence electrons. The highest BCUT2D eigenvalue weighted by molar-refractivity contribution is 9.10. The predicted octanol–water partition coefficient (Wildman–Crippen LogP) is 3.29. The minimum absolute atomic E-state index is 0.0226. The van der Waals surface area contributed by atoms with Gasteiger partial charge in [-0.15, -0.1) is 0 Å². The Bertz CT molecular complexity index is 374. The molecule has 15 heavy (non-hydrogen) atoms. The maximum Gasteiger partial charge on any atom is 0.126 e. The van der Waals surface area contributed by atoms with Crippen molar-refractivity contribution in [3.8, 4) is 0 Å². The van der Waals surface area contributed by atoms with Crippen LogP contribution in [0.2, 0.25) is 0 Å². The zero-order chi connectivity index (χ0) is 11.1. The standard InChI is InChI=1S/C12H14BrFO/c1-12(4-5-12)11(15)7-8-6-9(13)2-3-10(8)14/h2-3,6,11,15H,4-5,7H2,1H3. The smallest absolute Gasteiger partial charge is 0.126 e. The van der Waals surface area contributed by atoms with E-state index in [1.807, 2.05) is 6.92 Å². The molecule has 2 rings (SSSR count). The van der Waals surface area contributed by atoms with E-state index in [1.165, 1.54) is 6.07 Å². The molecule has 1 aromatic rings. The molecule has 1 nitrogen and oxygen atoms in total. The fraction of sp³-hybridized carbons (Fsp3) is 0.500. The van der Waals surface area contributed by atoms with Crippen LogP contribution in [-0.4, -0.2) is 11.2 Å². The number of hydrogen-bond donors (Lipinski definition) is 1. The van der Waals surface area contributed by atoms with Gasteiger partial charge in [-0.2, -0.15) is 0 Å². The van der Waals surface area contributed by atoms with E-state index in [0.29, 0.717) is 12.0 Å². The van der Waals surface area contributed by atoms with Gasteiger partial charge >= 0.3 is 0 Å². The summed E-state index contributed by atoms with van der Waals surface area (Å²) in [5.74, 6) is -0.235. The van der Waals surface area contributed by atoms with Gasteiger partial charge in [-0.1, -0.05) is 22.9 Å². The van der Waals surface area contributed by atoms with Gasteiger partial charge in [0.05, 0.1) is 6.10 Å². The third kappa shape index (κ3) is 2.40. The Morgan fingerprint density at radius 2 is 2.20 bits per heavy atom. The molecular formula is C12H14BrFO. The Morgan fingerprint density at radius 3 is 2.80 bits per heavy atom. The van der Waals surface area contributed by atoms with Gasteiger partial charge in [0.15, 0.2) is 0 Å². The molecule has 0 aromatic heterocycles. The molecule has 1 saturated carbocycles. The summed E-state index contributed by atoms with van der Waals surface area (Å²) in [6, 6.07) is 4.84. The van der Waals surface area contributed by atoms with Gasteiger partial charge in [0.2, 0.25) is 0 Å². The number of halogens is 2. The molecule has 1 unspecified atom stereocenters. The Labute approximate surface area is 97.4 Å². The van der Waals surface area contributed by atoms with E-state index in [1.54, 1.807) is 12.1 Å². The highest BCUT2D eigenvalue weighted by Gasteiger charge is 2.44. The van der Waals surface area contributed by atoms with Crippen molar-refractivity contribution in [1.29, 1.82) is 0 Å². The highest BCUT2D eigenvalue weighted by Crippen LogP contribution is 2.49. The molecule has 0 saturated heterocycles. The molecule has 0 aliphatic heterocycles. The maximum absolute atomic E-state index is 13.4. The first-order valence-electron chi connectivity index (χ1n) is 5.13. The highest BCUT2D eigenvalue weighted by atomic mass is 79.9. The van der Waals surface area contributed by atoms with Crippen LogP contribution in [0.3, 0.4) is 0 Å². The Hall–Kier alpha value is -0.410. The van der Waals surface area contributed by atoms with Gasteiger partial charge in [0, 0.05) is 10.9 Å². The summed E-state index contributed by atoms with van der Waals surface area (Å²) < 4.78 is 14.3. The van der Waals surface area contributed by atoms with Gasteiger partial charge in [-0.05, 0) is 42.0 Å². The van der Waals surface area contributed by atoms with Crippen LogP contribution in [0.15, 0.2) is 22.7 Å². The molecule has 1 aliphatic carbocycles. The lowest BCUT2D eigenvalue weighted by molar-refractivity contribution is 0.102. The van der Waals surface area contributed by atoms with Gasteiger partial charge < -0.3 is 5.11 Å². The lowest BCUT2D eigenvalue weighted by Gasteiger charge is -2.17. The van der Waals surface area contributed by atoms with Crippen LogP contribution in [0.1, 0.15) is 25.3 Å². The molecule has 0 heterocycles. The van der Waals surface area contributed by atoms with Crippen LogP contribution < -0.4 is 0 Å². The van der Waals surface area contributed by atoms with E-state index in [2.05, 4.69) is 15.9 Å². The summed E-state index contributed by atoms with van der Waals surface area (Å²) in [5.41, 5.74) is 0.611. The third-order valence-corrected chi connectivity index (χ3v) is 3.76. The zero-order valence-electron chi connectivity index (χ0n) is 8.63. The summed E-state index contributed by atoms with van der Waals surface area (Å²) in [5, 5.41) is 9.93. The molecule has 0 radical (unpaired) electrons. The summed E-state index contributed by atoms with van der Waals surface area (Å²) >= 11 is 3.30. The van der Waals surface area contributed by atoms with Crippen molar-refractivity contribution in [3.63, 3.8) is 0 Å². The molecule has 1 fully saturated rings. The van der Waals surface area contributed by atoms with Crippen molar-refractivity contribution < 1.29 is 9.50 Å². The van der Waals surface area contributed by atoms with Crippen molar-refractivity contribution in [3.05, 3.63) is 34.1 Å². The topological polar surface area (TPSA) is 20.2 Å². The average molecular weight is 273 g/mol. The number of hydrogen-bond acceptors (Lipinski definition) is 1. The Kier molecular flexibility index (Phi) is 2.86. The van der Waals surface area contributed by atoms with E-state index in [0.717, 1.165) is 17.3 Å². The van der Waals surface area contributed by atoms with Crippen molar-refractivity contribution in [2.24, 2.45) is 5.41 Å². The Balaban J connectivity index is 2.13. The molecule has 1 aromatic carbocycles. The fourth-order valence-corrected chi connectivity index (χ4v) is 2.09. The van der Waals surface area contributed by atoms with E-state index in [-0.39, 0.29) is 11.2 Å². The van der Waals surface area contributed by atoms with Gasteiger partial charge in [0.25, 0.3) is 0 Å². The normalized spacial score (nSPS) is 20.0. The predicted molar refractivity (Wildman–Crippen MR) is 61.2 cm³/mol. The van der Waals surface area contributed by atoms with E-state index < -0.39 is 6.10 Å². The molecule has 1 aliphatic rings. The first-order chi connectivity index (χ1) is 7.01. The van der Waals surface area contributed by atoms with Crippen molar-refractivity contribution in [1.82, 2.24) is 0 Å². The molecule has 0 amide bonds.